The largest absolute Gasteiger partial charge is 0.449 e. The van der Waals surface area contributed by atoms with Crippen molar-refractivity contribution in [2.24, 2.45) is 0 Å². The number of hydrogen-bond acceptors (Lipinski definition) is 3. The van der Waals surface area contributed by atoms with Crippen molar-refractivity contribution in [1.82, 2.24) is 5.32 Å². The molecule has 4 nitrogen and oxygen atoms in total. The number of hydrogen-bond donors (Lipinski definition) is 2. The number of benzene rings is 3. The Morgan fingerprint density at radius 2 is 1.64 bits per heavy atom. The van der Waals surface area contributed by atoms with Gasteiger partial charge in [-0.2, -0.15) is 0 Å². The average Bonchev–Trinajstić information content (AvgIpc) is 3.04. The molecule has 0 aliphatic heterocycles. The Morgan fingerprint density at radius 1 is 1.00 bits per heavy atom. The van der Waals surface area contributed by atoms with Gasteiger partial charge >= 0.3 is 6.09 Å². The molecule has 0 heterocycles. The van der Waals surface area contributed by atoms with E-state index in [4.69, 9.17) is 4.74 Å². The first kappa shape index (κ1) is 18.2. The van der Waals surface area contributed by atoms with Crippen LogP contribution in [0.2, 0.25) is 0 Å². The molecule has 0 fully saturated rings. The predicted octanol–water partition coefficient (Wildman–Crippen LogP) is 4.40. The van der Waals surface area contributed by atoms with Gasteiger partial charge < -0.3 is 15.2 Å². The highest BCUT2D eigenvalue weighted by atomic mass is 19.1. The van der Waals surface area contributed by atoms with Gasteiger partial charge in [-0.3, -0.25) is 0 Å². The van der Waals surface area contributed by atoms with Crippen LogP contribution in [0.4, 0.5) is 9.18 Å². The van der Waals surface area contributed by atoms with Gasteiger partial charge in [-0.15, -0.1) is 0 Å². The smallest absolute Gasteiger partial charge is 0.407 e. The minimum absolute atomic E-state index is 0.0220. The summed E-state index contributed by atoms with van der Waals surface area (Å²) < 4.78 is 18.7. The van der Waals surface area contributed by atoms with Gasteiger partial charge in [-0.05, 0) is 39.9 Å². The third kappa shape index (κ3) is 3.62. The normalized spacial score (nSPS) is 13.5. The van der Waals surface area contributed by atoms with Crippen LogP contribution in [0, 0.1) is 5.82 Å². The van der Waals surface area contributed by atoms with E-state index in [1.165, 1.54) is 18.2 Å². The summed E-state index contributed by atoms with van der Waals surface area (Å²) in [5.41, 5.74) is 4.99. The molecule has 1 unspecified atom stereocenters. The second-order valence-corrected chi connectivity index (χ2v) is 6.78. The maximum Gasteiger partial charge on any atom is 0.407 e. The van der Waals surface area contributed by atoms with Crippen LogP contribution in [-0.4, -0.2) is 24.4 Å². The molecule has 0 aromatic heterocycles. The molecule has 3 aromatic carbocycles. The molecule has 1 aliphatic carbocycles. The second kappa shape index (κ2) is 7.82. The highest BCUT2D eigenvalue weighted by Gasteiger charge is 2.29. The zero-order valence-corrected chi connectivity index (χ0v) is 15.1. The van der Waals surface area contributed by atoms with E-state index in [9.17, 15) is 14.3 Å². The van der Waals surface area contributed by atoms with Crippen molar-refractivity contribution in [3.63, 3.8) is 0 Å². The fourth-order valence-corrected chi connectivity index (χ4v) is 3.66. The van der Waals surface area contributed by atoms with E-state index in [-0.39, 0.29) is 19.1 Å². The van der Waals surface area contributed by atoms with Crippen molar-refractivity contribution < 1.29 is 19.0 Å². The summed E-state index contributed by atoms with van der Waals surface area (Å²) in [5, 5.41) is 12.6. The van der Waals surface area contributed by atoms with E-state index in [0.717, 1.165) is 22.3 Å². The van der Waals surface area contributed by atoms with Crippen LogP contribution in [0.1, 0.15) is 28.7 Å². The molecule has 0 radical (unpaired) electrons. The number of carbonyl (C=O) groups is 1. The molecule has 2 N–H and O–H groups in total. The molecular formula is C23H20FNO3. The number of alkyl carbamates (subject to hydrolysis) is 1. The summed E-state index contributed by atoms with van der Waals surface area (Å²) in [6.45, 7) is 0.149. The van der Waals surface area contributed by atoms with Gasteiger partial charge in [0.15, 0.2) is 0 Å². The van der Waals surface area contributed by atoms with Gasteiger partial charge in [0.1, 0.15) is 12.4 Å². The zero-order valence-electron chi connectivity index (χ0n) is 15.1. The van der Waals surface area contributed by atoms with Crippen LogP contribution in [-0.2, 0) is 4.74 Å². The molecular weight excluding hydrogens is 357 g/mol. The molecule has 0 saturated carbocycles. The minimum Gasteiger partial charge on any atom is -0.449 e. The van der Waals surface area contributed by atoms with Crippen LogP contribution in [0.3, 0.4) is 0 Å². The average molecular weight is 377 g/mol. The Kier molecular flexibility index (Phi) is 5.08. The lowest BCUT2D eigenvalue weighted by atomic mass is 9.98. The van der Waals surface area contributed by atoms with Crippen molar-refractivity contribution in [1.29, 1.82) is 0 Å². The first-order chi connectivity index (χ1) is 13.6. The van der Waals surface area contributed by atoms with E-state index in [0.29, 0.717) is 5.56 Å². The fraction of sp³-hybridized carbons (Fsp3) is 0.174. The zero-order chi connectivity index (χ0) is 19.5. The van der Waals surface area contributed by atoms with Gasteiger partial charge in [0.2, 0.25) is 0 Å². The highest BCUT2D eigenvalue weighted by Crippen LogP contribution is 2.44. The summed E-state index contributed by atoms with van der Waals surface area (Å²) in [4.78, 5) is 12.1. The number of rotatable bonds is 5. The number of aliphatic hydroxyl groups is 1. The number of carbonyl (C=O) groups excluding carboxylic acids is 1. The Morgan fingerprint density at radius 3 is 2.29 bits per heavy atom. The van der Waals surface area contributed by atoms with E-state index in [1.807, 2.05) is 24.3 Å². The molecule has 1 aliphatic rings. The van der Waals surface area contributed by atoms with E-state index in [2.05, 4.69) is 29.6 Å². The number of fused-ring (bicyclic) bond motifs is 3. The van der Waals surface area contributed by atoms with Crippen LogP contribution in [0.25, 0.3) is 11.1 Å². The van der Waals surface area contributed by atoms with Crippen molar-refractivity contribution in [2.45, 2.75) is 12.0 Å². The predicted molar refractivity (Wildman–Crippen MR) is 104 cm³/mol. The lowest BCUT2D eigenvalue weighted by Gasteiger charge is -2.16. The molecule has 0 saturated heterocycles. The minimum atomic E-state index is -1.00. The topological polar surface area (TPSA) is 58.6 Å². The number of aliphatic hydroxyl groups excluding tert-OH is 1. The number of nitrogens with one attached hydrogen (secondary N) is 1. The highest BCUT2D eigenvalue weighted by molar-refractivity contribution is 5.79. The monoisotopic (exact) mass is 377 g/mol. The summed E-state index contributed by atoms with van der Waals surface area (Å²) >= 11 is 0. The van der Waals surface area contributed by atoms with Crippen molar-refractivity contribution in [3.8, 4) is 11.1 Å². The van der Waals surface area contributed by atoms with E-state index < -0.39 is 18.0 Å². The SMILES string of the molecule is O=C(NCC(O)c1cccc(F)c1)OCC1c2ccccc2-c2ccccc21. The van der Waals surface area contributed by atoms with Gasteiger partial charge in [0.05, 0.1) is 12.6 Å². The van der Waals surface area contributed by atoms with Crippen molar-refractivity contribution >= 4 is 6.09 Å². The molecule has 0 bridgehead atoms. The summed E-state index contributed by atoms with van der Waals surface area (Å²) in [5.74, 6) is -0.455. The van der Waals surface area contributed by atoms with Gasteiger partial charge in [0, 0.05) is 5.92 Å². The third-order valence-electron chi connectivity index (χ3n) is 5.02. The lowest BCUT2D eigenvalue weighted by Crippen LogP contribution is -2.30. The first-order valence-corrected chi connectivity index (χ1v) is 9.16. The molecule has 4 rings (SSSR count). The van der Waals surface area contributed by atoms with E-state index >= 15 is 0 Å². The lowest BCUT2D eigenvalue weighted by molar-refractivity contribution is 0.128. The van der Waals surface area contributed by atoms with Crippen molar-refractivity contribution in [3.05, 3.63) is 95.3 Å². The second-order valence-electron chi connectivity index (χ2n) is 6.78. The number of ether oxygens (including phenoxy) is 1. The maximum absolute atomic E-state index is 13.2. The molecule has 28 heavy (non-hydrogen) atoms. The Bertz CT molecular complexity index is 959. The maximum atomic E-state index is 13.2. The van der Waals surface area contributed by atoms with Crippen LogP contribution in [0.5, 0.6) is 0 Å². The third-order valence-corrected chi connectivity index (χ3v) is 5.02. The fourth-order valence-electron chi connectivity index (χ4n) is 3.66. The summed E-state index contributed by atoms with van der Waals surface area (Å²) in [7, 11) is 0. The quantitative estimate of drug-likeness (QED) is 0.693. The number of halogens is 1. The van der Waals surface area contributed by atoms with Crippen LogP contribution < -0.4 is 5.32 Å². The Hall–Kier alpha value is -3.18. The molecule has 5 heteroatoms. The molecule has 1 amide bonds. The molecule has 1 atom stereocenters. The molecule has 142 valence electrons. The number of amides is 1. The van der Waals surface area contributed by atoms with Crippen LogP contribution in [0.15, 0.2) is 72.8 Å². The van der Waals surface area contributed by atoms with Crippen LogP contribution >= 0.6 is 0 Å². The first-order valence-electron chi connectivity index (χ1n) is 9.16. The van der Waals surface area contributed by atoms with Crippen molar-refractivity contribution in [2.75, 3.05) is 13.2 Å². The Balaban J connectivity index is 1.37. The van der Waals surface area contributed by atoms with Gasteiger partial charge in [-0.1, -0.05) is 60.7 Å². The van der Waals surface area contributed by atoms with Gasteiger partial charge in [-0.25, -0.2) is 9.18 Å². The summed E-state index contributed by atoms with van der Waals surface area (Å²) in [6.07, 6.45) is -1.62. The van der Waals surface area contributed by atoms with Gasteiger partial charge in [0.25, 0.3) is 0 Å². The standard InChI is InChI=1S/C23H20FNO3/c24-16-7-5-6-15(12-16)22(26)13-25-23(27)28-14-21-19-10-3-1-8-17(19)18-9-2-4-11-20(18)21/h1-12,21-22,26H,13-14H2,(H,25,27). The Labute approximate surface area is 162 Å². The summed E-state index contributed by atoms with van der Waals surface area (Å²) in [6, 6.07) is 21.9. The molecule has 0 spiro atoms. The molecule has 3 aromatic rings. The van der Waals surface area contributed by atoms with E-state index in [1.54, 1.807) is 6.07 Å².